The Labute approximate surface area is 241 Å². The summed E-state index contributed by atoms with van der Waals surface area (Å²) in [4.78, 5) is 0. The molecule has 0 heterocycles. The van der Waals surface area contributed by atoms with Gasteiger partial charge in [-0.2, -0.15) is 13.2 Å². The minimum Gasteiger partial charge on any atom is -0.404 e. The highest BCUT2D eigenvalue weighted by Crippen LogP contribution is 2.69. The van der Waals surface area contributed by atoms with E-state index in [9.17, 15) is 18.3 Å². The predicted octanol–water partition coefficient (Wildman–Crippen LogP) is 9.51. The molecule has 4 saturated carbocycles. The van der Waals surface area contributed by atoms with Crippen LogP contribution in [0.4, 0.5) is 13.2 Å². The minimum atomic E-state index is -4.32. The molecule has 0 aliphatic heterocycles. The molecule has 1 unspecified atom stereocenters. The zero-order valence-electron chi connectivity index (χ0n) is 25.4. The van der Waals surface area contributed by atoms with Crippen molar-refractivity contribution in [3.05, 3.63) is 42.0 Å². The van der Waals surface area contributed by atoms with Crippen molar-refractivity contribution in [3.8, 4) is 0 Å². The number of halogens is 3. The molecule has 1 aromatic rings. The molecule has 5 rings (SSSR count). The zero-order chi connectivity index (χ0) is 29.1. The number of rotatable bonds is 6. The van der Waals surface area contributed by atoms with E-state index in [-0.39, 0.29) is 35.5 Å². The first-order chi connectivity index (χ1) is 18.6. The monoisotopic (exact) mass is 576 g/mol. The van der Waals surface area contributed by atoms with Gasteiger partial charge in [0.1, 0.15) is 0 Å². The van der Waals surface area contributed by atoms with Gasteiger partial charge >= 0.3 is 6.18 Å². The predicted molar refractivity (Wildman–Crippen MR) is 159 cm³/mol. The highest BCUT2D eigenvalue weighted by Gasteiger charge is 2.66. The molecule has 1 N–H and O–H groups in total. The molecule has 2 nitrogen and oxygen atoms in total. The maximum absolute atomic E-state index is 14.6. The van der Waals surface area contributed by atoms with Gasteiger partial charge in [-0.05, 0) is 129 Å². The van der Waals surface area contributed by atoms with Gasteiger partial charge in [0.05, 0.1) is 6.10 Å². The molecule has 0 aromatic heterocycles. The van der Waals surface area contributed by atoms with Crippen LogP contribution in [0.3, 0.4) is 0 Å². The summed E-state index contributed by atoms with van der Waals surface area (Å²) in [5.41, 5.74) is -0.707. The third-order valence-corrected chi connectivity index (χ3v) is 13.3. The van der Waals surface area contributed by atoms with Crippen LogP contribution in [0, 0.1) is 46.3 Å². The van der Waals surface area contributed by atoms with Crippen molar-refractivity contribution in [1.29, 1.82) is 0 Å². The van der Waals surface area contributed by atoms with Crippen LogP contribution in [0.5, 0.6) is 0 Å². The van der Waals surface area contributed by atoms with E-state index in [4.69, 9.17) is 4.43 Å². The lowest BCUT2D eigenvalue weighted by atomic mass is 9.43. The van der Waals surface area contributed by atoms with Crippen LogP contribution in [0.1, 0.15) is 84.1 Å². The summed E-state index contributed by atoms with van der Waals surface area (Å²) in [6.07, 6.45) is 6.57. The number of aliphatic hydroxyl groups is 1. The van der Waals surface area contributed by atoms with Gasteiger partial charge in [0, 0.05) is 0 Å². The zero-order valence-corrected chi connectivity index (χ0v) is 26.4. The first kappa shape index (κ1) is 30.3. The largest absolute Gasteiger partial charge is 0.416 e. The van der Waals surface area contributed by atoms with Gasteiger partial charge in [0.2, 0.25) is 0 Å². The van der Waals surface area contributed by atoms with Gasteiger partial charge in [-0.25, -0.2) is 0 Å². The van der Waals surface area contributed by atoms with E-state index >= 15 is 0 Å². The first-order valence-corrected chi connectivity index (χ1v) is 19.2. The molecule has 0 amide bonds. The lowest BCUT2D eigenvalue weighted by Crippen LogP contribution is -2.62. The number of hydrogen-bond acceptors (Lipinski definition) is 2. The Kier molecular flexibility index (Phi) is 8.01. The summed E-state index contributed by atoms with van der Waals surface area (Å²) < 4.78 is 49.8. The Morgan fingerprint density at radius 2 is 1.60 bits per heavy atom. The van der Waals surface area contributed by atoms with Crippen molar-refractivity contribution in [2.75, 3.05) is 0 Å². The quantitative estimate of drug-likeness (QED) is 0.342. The average molecular weight is 577 g/mol. The third kappa shape index (κ3) is 5.28. The van der Waals surface area contributed by atoms with Crippen LogP contribution in [0.2, 0.25) is 19.6 Å². The van der Waals surface area contributed by atoms with E-state index in [1.54, 1.807) is 0 Å². The number of hydrogen-bond donors (Lipinski definition) is 1. The van der Waals surface area contributed by atoms with E-state index in [0.29, 0.717) is 30.1 Å². The van der Waals surface area contributed by atoms with Gasteiger partial charge in [0.25, 0.3) is 0 Å². The SMILES string of the molecule is C[C@H]([C@H](O)/C=C/c1ccccc1)[C@H]1CC[C@H]2[C@@H]3CC[C@H]4CC(O[Si](C)(C)C)(C(F)(F)F)CC[C@]4(C)[C@H]3CC[C@]12C. The van der Waals surface area contributed by atoms with Gasteiger partial charge in [-0.1, -0.05) is 63.3 Å². The molecule has 1 aromatic carbocycles. The fourth-order valence-corrected chi connectivity index (χ4v) is 11.8. The molecule has 0 bridgehead atoms. The highest BCUT2D eigenvalue weighted by molar-refractivity contribution is 6.69. The molecule has 4 aliphatic carbocycles. The summed E-state index contributed by atoms with van der Waals surface area (Å²) in [7, 11) is -2.37. The van der Waals surface area contributed by atoms with Crippen molar-refractivity contribution < 1.29 is 22.7 Å². The Bertz CT molecular complexity index is 1070. The number of aliphatic hydroxyl groups excluding tert-OH is 1. The second-order valence-corrected chi connectivity index (χ2v) is 19.8. The Morgan fingerprint density at radius 3 is 2.25 bits per heavy atom. The van der Waals surface area contributed by atoms with Crippen LogP contribution >= 0.6 is 0 Å². The molecule has 4 fully saturated rings. The van der Waals surface area contributed by atoms with Crippen LogP contribution in [0.15, 0.2) is 36.4 Å². The summed E-state index contributed by atoms with van der Waals surface area (Å²) in [6.45, 7) is 12.7. The van der Waals surface area contributed by atoms with E-state index in [2.05, 4.69) is 32.9 Å². The standard InChI is InChI=1S/C34H51F3O2Si/c1-23(30(38)17-12-24-10-8-7-9-11-24)27-15-16-28-26-14-13-25-22-33(34(35,36)37,39-40(4,5)6)21-20-31(25,2)29(26)18-19-32(27,28)3/h7-12,17,23,25-30,38H,13-16,18-22H2,1-6H3/b17-12+/t23-,25-,26-,27+,28-,29-,30+,31-,32+,33?/m0/s1. The van der Waals surface area contributed by atoms with E-state index < -0.39 is 26.2 Å². The molecule has 4 aliphatic rings. The van der Waals surface area contributed by atoms with Gasteiger partial charge in [-0.15, -0.1) is 0 Å². The highest BCUT2D eigenvalue weighted by atomic mass is 28.4. The van der Waals surface area contributed by atoms with E-state index in [1.807, 2.05) is 50.0 Å². The summed E-state index contributed by atoms with van der Waals surface area (Å²) >= 11 is 0. The van der Waals surface area contributed by atoms with Crippen molar-refractivity contribution in [1.82, 2.24) is 0 Å². The van der Waals surface area contributed by atoms with Crippen molar-refractivity contribution in [2.45, 2.75) is 116 Å². The van der Waals surface area contributed by atoms with Gasteiger partial charge in [0.15, 0.2) is 13.9 Å². The molecule has 0 radical (unpaired) electrons. The normalized spacial score (nSPS) is 41.7. The Balaban J connectivity index is 1.31. The fourth-order valence-electron chi connectivity index (χ4n) is 10.3. The summed E-state index contributed by atoms with van der Waals surface area (Å²) in [6, 6.07) is 10.1. The number of alkyl halides is 3. The van der Waals surface area contributed by atoms with Crippen LogP contribution in [-0.2, 0) is 4.43 Å². The van der Waals surface area contributed by atoms with Gasteiger partial charge < -0.3 is 9.53 Å². The van der Waals surface area contributed by atoms with Crippen molar-refractivity contribution in [3.63, 3.8) is 0 Å². The molecule has 10 atom stereocenters. The smallest absolute Gasteiger partial charge is 0.404 e. The Morgan fingerprint density at radius 1 is 0.925 bits per heavy atom. The number of fused-ring (bicyclic) bond motifs is 5. The topological polar surface area (TPSA) is 29.5 Å². The van der Waals surface area contributed by atoms with Crippen LogP contribution in [0.25, 0.3) is 6.08 Å². The van der Waals surface area contributed by atoms with Crippen molar-refractivity contribution >= 4 is 14.4 Å². The summed E-state index contributed by atoms with van der Waals surface area (Å²) in [5.74, 6) is 2.41. The second kappa shape index (κ2) is 10.6. The second-order valence-electron chi connectivity index (χ2n) is 15.4. The molecular weight excluding hydrogens is 525 g/mol. The van der Waals surface area contributed by atoms with Crippen LogP contribution < -0.4 is 0 Å². The maximum atomic E-state index is 14.6. The Hall–Kier alpha value is -1.11. The minimum absolute atomic E-state index is 0.0383. The van der Waals surface area contributed by atoms with Crippen LogP contribution in [-0.4, -0.2) is 31.3 Å². The van der Waals surface area contributed by atoms with E-state index in [1.165, 1.54) is 6.42 Å². The lowest BCUT2D eigenvalue weighted by molar-refractivity contribution is -0.282. The van der Waals surface area contributed by atoms with E-state index in [0.717, 1.165) is 37.7 Å². The van der Waals surface area contributed by atoms with Crippen molar-refractivity contribution in [2.24, 2.45) is 46.3 Å². The number of benzene rings is 1. The first-order valence-electron chi connectivity index (χ1n) is 15.8. The third-order valence-electron chi connectivity index (χ3n) is 12.3. The maximum Gasteiger partial charge on any atom is 0.416 e. The molecular formula is C34H51F3O2Si. The summed E-state index contributed by atoms with van der Waals surface area (Å²) in [5, 5.41) is 11.2. The molecule has 0 spiro atoms. The average Bonchev–Trinajstić information content (AvgIpc) is 3.23. The molecule has 224 valence electrons. The molecule has 40 heavy (non-hydrogen) atoms. The fraction of sp³-hybridized carbons (Fsp3) is 0.765. The van der Waals surface area contributed by atoms with Gasteiger partial charge in [-0.3, -0.25) is 0 Å². The molecule has 0 saturated heterocycles. The lowest BCUT2D eigenvalue weighted by Gasteiger charge is -2.63. The molecule has 6 heteroatoms.